The molecule has 1 saturated carbocycles. The highest BCUT2D eigenvalue weighted by Crippen LogP contribution is 2.29. The van der Waals surface area contributed by atoms with Gasteiger partial charge in [-0.05, 0) is 54.5 Å². The van der Waals surface area contributed by atoms with Crippen molar-refractivity contribution in [1.29, 1.82) is 0 Å². The van der Waals surface area contributed by atoms with E-state index in [1.807, 2.05) is 29.6 Å². The van der Waals surface area contributed by atoms with Gasteiger partial charge in [0, 0.05) is 29.7 Å². The monoisotopic (exact) mass is 490 g/mol. The van der Waals surface area contributed by atoms with Crippen molar-refractivity contribution in [2.45, 2.75) is 51.1 Å². The van der Waals surface area contributed by atoms with Gasteiger partial charge in [-0.2, -0.15) is 0 Å². The van der Waals surface area contributed by atoms with Gasteiger partial charge in [-0.3, -0.25) is 24.3 Å². The maximum atomic E-state index is 13.6. The van der Waals surface area contributed by atoms with Gasteiger partial charge in [-0.15, -0.1) is 11.3 Å². The summed E-state index contributed by atoms with van der Waals surface area (Å²) in [5.74, 6) is -0.944. The summed E-state index contributed by atoms with van der Waals surface area (Å²) in [6.45, 7) is 1.82. The van der Waals surface area contributed by atoms with Crippen LogP contribution in [-0.2, 0) is 16.0 Å². The molecule has 182 valence electrons. The number of pyridine rings is 1. The Kier molecular flexibility index (Phi) is 8.26. The van der Waals surface area contributed by atoms with Crippen LogP contribution in [0.15, 0.2) is 66.3 Å². The molecule has 1 aliphatic rings. The first-order valence-electron chi connectivity index (χ1n) is 12.0. The van der Waals surface area contributed by atoms with Crippen molar-refractivity contribution in [2.24, 2.45) is 0 Å². The summed E-state index contributed by atoms with van der Waals surface area (Å²) in [7, 11) is 0. The van der Waals surface area contributed by atoms with Gasteiger partial charge < -0.3 is 10.6 Å². The van der Waals surface area contributed by atoms with E-state index in [0.717, 1.165) is 37.7 Å². The summed E-state index contributed by atoms with van der Waals surface area (Å²) in [6.07, 6.45) is 8.14. The van der Waals surface area contributed by atoms with Gasteiger partial charge in [-0.25, -0.2) is 0 Å². The summed E-state index contributed by atoms with van der Waals surface area (Å²) in [4.78, 5) is 46.0. The number of hydrogen-bond acceptors (Lipinski definition) is 5. The molecule has 3 amide bonds. The van der Waals surface area contributed by atoms with Gasteiger partial charge in [0.1, 0.15) is 6.04 Å². The Morgan fingerprint density at radius 3 is 2.49 bits per heavy atom. The van der Waals surface area contributed by atoms with E-state index in [-0.39, 0.29) is 30.3 Å². The number of hydrogen-bond donors (Lipinski definition) is 2. The molecule has 1 aliphatic carbocycles. The van der Waals surface area contributed by atoms with Crippen LogP contribution in [0, 0.1) is 0 Å². The summed E-state index contributed by atoms with van der Waals surface area (Å²) in [6, 6.07) is 13.8. The summed E-state index contributed by atoms with van der Waals surface area (Å²) in [5, 5.41) is 7.66. The first-order chi connectivity index (χ1) is 17.1. The molecule has 0 unspecified atom stereocenters. The lowest BCUT2D eigenvalue weighted by molar-refractivity contribution is -0.126. The zero-order chi connectivity index (χ0) is 24.6. The minimum atomic E-state index is -0.914. The second-order valence-electron chi connectivity index (χ2n) is 8.62. The predicted octanol–water partition coefficient (Wildman–Crippen LogP) is 4.27. The Morgan fingerprint density at radius 2 is 1.86 bits per heavy atom. The number of amides is 3. The van der Waals surface area contributed by atoms with E-state index < -0.39 is 6.04 Å². The summed E-state index contributed by atoms with van der Waals surface area (Å²) >= 11 is 1.31. The van der Waals surface area contributed by atoms with Crippen molar-refractivity contribution in [1.82, 2.24) is 15.6 Å². The Bertz CT molecular complexity index is 1130. The van der Waals surface area contributed by atoms with E-state index in [0.29, 0.717) is 16.1 Å². The number of carbonyl (C=O) groups is 3. The van der Waals surface area contributed by atoms with Crippen LogP contribution in [0.5, 0.6) is 0 Å². The van der Waals surface area contributed by atoms with Crippen LogP contribution in [-0.4, -0.2) is 35.3 Å². The van der Waals surface area contributed by atoms with E-state index in [9.17, 15) is 14.4 Å². The lowest BCUT2D eigenvalue weighted by Crippen LogP contribution is -2.49. The van der Waals surface area contributed by atoms with Crippen molar-refractivity contribution in [3.05, 3.63) is 82.3 Å². The molecule has 2 heterocycles. The number of benzene rings is 1. The Balaban J connectivity index is 1.66. The van der Waals surface area contributed by atoms with E-state index in [4.69, 9.17) is 0 Å². The number of rotatable bonds is 9. The second-order valence-corrected chi connectivity index (χ2v) is 9.57. The van der Waals surface area contributed by atoms with E-state index in [2.05, 4.69) is 22.5 Å². The molecule has 0 saturated heterocycles. The number of anilines is 1. The molecule has 2 N–H and O–H groups in total. The van der Waals surface area contributed by atoms with Crippen LogP contribution in [0.25, 0.3) is 0 Å². The zero-order valence-electron chi connectivity index (χ0n) is 19.8. The normalized spacial score (nSPS) is 14.3. The lowest BCUT2D eigenvalue weighted by atomic mass is 10.0. The predicted molar refractivity (Wildman–Crippen MR) is 137 cm³/mol. The number of nitrogens with zero attached hydrogens (tertiary/aromatic N) is 2. The lowest BCUT2D eigenvalue weighted by Gasteiger charge is -2.32. The minimum Gasteiger partial charge on any atom is -0.351 e. The number of thiophene rings is 1. The molecule has 1 atom stereocenters. The minimum absolute atomic E-state index is 0.0969. The largest absolute Gasteiger partial charge is 0.351 e. The zero-order valence-corrected chi connectivity index (χ0v) is 20.6. The fourth-order valence-corrected chi connectivity index (χ4v) is 5.01. The number of nitrogens with one attached hydrogen (secondary N) is 2. The van der Waals surface area contributed by atoms with Gasteiger partial charge in [-0.1, -0.05) is 44.0 Å². The molecule has 0 spiro atoms. The van der Waals surface area contributed by atoms with Crippen LogP contribution in [0.3, 0.4) is 0 Å². The number of aromatic nitrogens is 1. The van der Waals surface area contributed by atoms with Crippen LogP contribution in [0.2, 0.25) is 0 Å². The van der Waals surface area contributed by atoms with E-state index in [1.165, 1.54) is 16.2 Å². The van der Waals surface area contributed by atoms with Crippen LogP contribution in [0.1, 0.15) is 59.4 Å². The van der Waals surface area contributed by atoms with Crippen molar-refractivity contribution >= 4 is 34.7 Å². The van der Waals surface area contributed by atoms with Crippen LogP contribution >= 0.6 is 11.3 Å². The van der Waals surface area contributed by atoms with Crippen molar-refractivity contribution in [2.75, 3.05) is 11.4 Å². The molecule has 0 bridgehead atoms. The second kappa shape index (κ2) is 11.8. The van der Waals surface area contributed by atoms with Gasteiger partial charge >= 0.3 is 0 Å². The Morgan fingerprint density at radius 1 is 1.09 bits per heavy atom. The van der Waals surface area contributed by atoms with Crippen LogP contribution < -0.4 is 15.5 Å². The summed E-state index contributed by atoms with van der Waals surface area (Å²) in [5.41, 5.74) is 2.33. The number of aryl methyl sites for hydroxylation is 1. The van der Waals surface area contributed by atoms with Crippen molar-refractivity contribution < 1.29 is 14.4 Å². The third kappa shape index (κ3) is 6.14. The van der Waals surface area contributed by atoms with Gasteiger partial charge in [0.05, 0.1) is 11.4 Å². The molecule has 4 rings (SSSR count). The average Bonchev–Trinajstić information content (AvgIpc) is 3.61. The fraction of sp³-hybridized carbons (Fsp3) is 0.333. The molecular formula is C27H30N4O3S. The third-order valence-electron chi connectivity index (χ3n) is 6.24. The van der Waals surface area contributed by atoms with Crippen molar-refractivity contribution in [3.8, 4) is 0 Å². The third-order valence-corrected chi connectivity index (χ3v) is 7.11. The molecule has 8 heteroatoms. The topological polar surface area (TPSA) is 91.4 Å². The maximum Gasteiger partial charge on any atom is 0.261 e. The highest BCUT2D eigenvalue weighted by molar-refractivity contribution is 7.12. The van der Waals surface area contributed by atoms with Crippen molar-refractivity contribution in [3.63, 3.8) is 0 Å². The molecule has 0 aliphatic heterocycles. The van der Waals surface area contributed by atoms with E-state index in [1.54, 1.807) is 36.7 Å². The summed E-state index contributed by atoms with van der Waals surface area (Å²) < 4.78 is 0. The van der Waals surface area contributed by atoms with Gasteiger partial charge in [0.25, 0.3) is 5.91 Å². The van der Waals surface area contributed by atoms with Crippen LogP contribution in [0.4, 0.5) is 5.69 Å². The first-order valence-corrected chi connectivity index (χ1v) is 12.9. The Hall–Kier alpha value is -3.52. The quantitative estimate of drug-likeness (QED) is 0.469. The Labute approximate surface area is 209 Å². The molecular weight excluding hydrogens is 460 g/mol. The SMILES string of the molecule is CCc1ccc(N(C(=O)CNC(=O)c2cccs2)[C@@H](C(=O)NC2CCCC2)c2cccnc2)cc1. The molecule has 3 aromatic rings. The smallest absolute Gasteiger partial charge is 0.261 e. The molecule has 1 fully saturated rings. The average molecular weight is 491 g/mol. The fourth-order valence-electron chi connectivity index (χ4n) is 4.37. The number of carbonyl (C=O) groups excluding carboxylic acids is 3. The maximum absolute atomic E-state index is 13.6. The molecule has 35 heavy (non-hydrogen) atoms. The van der Waals surface area contributed by atoms with E-state index >= 15 is 0 Å². The standard InChI is InChI=1S/C27H30N4O3S/c1-2-19-11-13-22(14-12-19)31(24(32)18-29-26(33)23-10-6-16-35-23)25(20-7-5-15-28-17-20)27(34)30-21-8-3-4-9-21/h5-7,10-17,21,25H,2-4,8-9,18H2,1H3,(H,29,33)(H,30,34)/t25-/m1/s1. The van der Waals surface area contributed by atoms with Gasteiger partial charge in [0.2, 0.25) is 11.8 Å². The highest BCUT2D eigenvalue weighted by atomic mass is 32.1. The molecule has 1 aromatic carbocycles. The highest BCUT2D eigenvalue weighted by Gasteiger charge is 2.34. The first kappa shape index (κ1) is 24.6. The molecule has 2 aromatic heterocycles. The molecule has 0 radical (unpaired) electrons. The van der Waals surface area contributed by atoms with Gasteiger partial charge in [0.15, 0.2) is 0 Å². The molecule has 7 nitrogen and oxygen atoms in total.